The summed E-state index contributed by atoms with van der Waals surface area (Å²) in [6, 6.07) is 0. The van der Waals surface area contributed by atoms with E-state index in [1.54, 1.807) is 0 Å². The van der Waals surface area contributed by atoms with Crippen LogP contribution in [0.3, 0.4) is 0 Å². The van der Waals surface area contributed by atoms with E-state index in [0.717, 1.165) is 12.8 Å². The zero-order valence-corrected chi connectivity index (χ0v) is 8.79. The Morgan fingerprint density at radius 2 is 1.79 bits per heavy atom. The van der Waals surface area contributed by atoms with E-state index in [2.05, 4.69) is 0 Å². The van der Waals surface area contributed by atoms with Crippen molar-refractivity contribution in [1.29, 1.82) is 0 Å². The molecule has 3 rings (SSSR count). The number of ketones is 1. The second-order valence-corrected chi connectivity index (χ2v) is 7.11. The molecule has 2 aliphatic carbocycles. The Morgan fingerprint density at radius 1 is 1.07 bits per heavy atom. The van der Waals surface area contributed by atoms with Gasteiger partial charge in [-0.25, -0.2) is 8.42 Å². The van der Waals surface area contributed by atoms with Crippen LogP contribution in [-0.4, -0.2) is 25.7 Å². The highest BCUT2D eigenvalue weighted by Gasteiger charge is 2.59. The molecular formula is C10H14O3S. The third kappa shape index (κ3) is 1.03. The predicted molar refractivity (Wildman–Crippen MR) is 51.5 cm³/mol. The molecule has 14 heavy (non-hydrogen) atoms. The number of sulfone groups is 1. The number of hydrogen-bond donors (Lipinski definition) is 0. The van der Waals surface area contributed by atoms with E-state index in [1.165, 1.54) is 0 Å². The van der Waals surface area contributed by atoms with Gasteiger partial charge in [0.25, 0.3) is 0 Å². The molecule has 0 spiro atoms. The van der Waals surface area contributed by atoms with Gasteiger partial charge in [0.05, 0.1) is 11.5 Å². The average molecular weight is 214 g/mol. The Bertz CT molecular complexity index is 384. The summed E-state index contributed by atoms with van der Waals surface area (Å²) in [5, 5.41) is 0. The summed E-state index contributed by atoms with van der Waals surface area (Å²) < 4.78 is 22.9. The Hall–Kier alpha value is -0.380. The summed E-state index contributed by atoms with van der Waals surface area (Å²) in [7, 11) is -2.82. The van der Waals surface area contributed by atoms with E-state index in [1.807, 2.05) is 0 Å². The Kier molecular flexibility index (Phi) is 1.65. The van der Waals surface area contributed by atoms with Crippen molar-refractivity contribution in [1.82, 2.24) is 0 Å². The third-order valence-corrected chi connectivity index (χ3v) is 6.03. The van der Waals surface area contributed by atoms with Gasteiger partial charge in [-0.05, 0) is 30.6 Å². The van der Waals surface area contributed by atoms with Crippen molar-refractivity contribution in [3.63, 3.8) is 0 Å². The number of carbonyl (C=O) groups excluding carboxylic acids is 1. The van der Waals surface area contributed by atoms with Crippen molar-refractivity contribution in [2.24, 2.45) is 23.7 Å². The van der Waals surface area contributed by atoms with Crippen molar-refractivity contribution in [3.8, 4) is 0 Å². The van der Waals surface area contributed by atoms with E-state index >= 15 is 0 Å². The standard InChI is InChI=1S/C10H14O3S/c11-9-3-1-2-6-7-4-14(12,13)5-8(7)10(6)9/h6-8,10H,1-5H2/t6-,7-,8-,10-/m0/s1. The van der Waals surface area contributed by atoms with Crippen LogP contribution in [0.5, 0.6) is 0 Å². The highest BCUT2D eigenvalue weighted by molar-refractivity contribution is 7.91. The topological polar surface area (TPSA) is 51.2 Å². The third-order valence-electron chi connectivity index (χ3n) is 4.25. The lowest BCUT2D eigenvalue weighted by Crippen LogP contribution is -2.51. The molecule has 3 fully saturated rings. The van der Waals surface area contributed by atoms with Crippen molar-refractivity contribution in [3.05, 3.63) is 0 Å². The summed E-state index contributed by atoms with van der Waals surface area (Å²) >= 11 is 0. The number of fused-ring (bicyclic) bond motifs is 4. The minimum Gasteiger partial charge on any atom is -0.299 e. The molecule has 0 unspecified atom stereocenters. The molecule has 0 amide bonds. The molecule has 2 saturated carbocycles. The first-order valence-electron chi connectivity index (χ1n) is 5.32. The highest BCUT2D eigenvalue weighted by Crippen LogP contribution is 2.56. The van der Waals surface area contributed by atoms with Gasteiger partial charge in [-0.15, -0.1) is 0 Å². The van der Waals surface area contributed by atoms with Gasteiger partial charge in [0.15, 0.2) is 9.84 Å². The molecule has 78 valence electrons. The van der Waals surface area contributed by atoms with E-state index in [9.17, 15) is 13.2 Å². The molecule has 1 heterocycles. The van der Waals surface area contributed by atoms with Crippen molar-refractivity contribution in [2.75, 3.05) is 11.5 Å². The molecule has 0 aromatic heterocycles. The predicted octanol–water partition coefficient (Wildman–Crippen LogP) is 0.646. The maximum absolute atomic E-state index is 11.6. The second-order valence-electron chi connectivity index (χ2n) is 4.95. The maximum atomic E-state index is 11.6. The summed E-state index contributed by atoms with van der Waals surface area (Å²) in [6.07, 6.45) is 2.74. The molecular weight excluding hydrogens is 200 g/mol. The molecule has 3 aliphatic rings. The first-order valence-corrected chi connectivity index (χ1v) is 7.14. The zero-order chi connectivity index (χ0) is 9.92. The zero-order valence-electron chi connectivity index (χ0n) is 7.98. The van der Waals surface area contributed by atoms with Gasteiger partial charge in [-0.1, -0.05) is 0 Å². The van der Waals surface area contributed by atoms with Crippen LogP contribution >= 0.6 is 0 Å². The van der Waals surface area contributed by atoms with E-state index in [0.29, 0.717) is 29.8 Å². The van der Waals surface area contributed by atoms with Crippen molar-refractivity contribution < 1.29 is 13.2 Å². The van der Waals surface area contributed by atoms with Crippen LogP contribution in [-0.2, 0) is 14.6 Å². The molecule has 1 saturated heterocycles. The quantitative estimate of drug-likeness (QED) is 0.595. The fraction of sp³-hybridized carbons (Fsp3) is 0.900. The minimum atomic E-state index is -2.82. The molecule has 0 N–H and O–H groups in total. The van der Waals surface area contributed by atoms with E-state index < -0.39 is 9.84 Å². The first-order chi connectivity index (χ1) is 6.58. The van der Waals surface area contributed by atoms with Gasteiger partial charge in [-0.2, -0.15) is 0 Å². The SMILES string of the molecule is O=C1CCC[C@H]2[C@@H]3CS(=O)(=O)C[C@@H]3[C@@H]12. The summed E-state index contributed by atoms with van der Waals surface area (Å²) in [5.41, 5.74) is 0. The molecule has 4 atom stereocenters. The first kappa shape index (κ1) is 8.89. The van der Waals surface area contributed by atoms with Gasteiger partial charge < -0.3 is 0 Å². The largest absolute Gasteiger partial charge is 0.299 e. The number of rotatable bonds is 0. The van der Waals surface area contributed by atoms with Gasteiger partial charge in [0, 0.05) is 12.3 Å². The van der Waals surface area contributed by atoms with Crippen LogP contribution in [0, 0.1) is 23.7 Å². The molecule has 0 bridgehead atoms. The molecule has 0 aromatic carbocycles. The van der Waals surface area contributed by atoms with Crippen LogP contribution in [0.4, 0.5) is 0 Å². The highest BCUT2D eigenvalue weighted by atomic mass is 32.2. The van der Waals surface area contributed by atoms with Gasteiger partial charge in [0.2, 0.25) is 0 Å². The van der Waals surface area contributed by atoms with Gasteiger partial charge in [0.1, 0.15) is 5.78 Å². The molecule has 4 heteroatoms. The van der Waals surface area contributed by atoms with Crippen LogP contribution in [0.2, 0.25) is 0 Å². The number of hydrogen-bond acceptors (Lipinski definition) is 3. The smallest absolute Gasteiger partial charge is 0.150 e. The van der Waals surface area contributed by atoms with Gasteiger partial charge >= 0.3 is 0 Å². The Balaban J connectivity index is 1.90. The second kappa shape index (κ2) is 2.60. The molecule has 3 nitrogen and oxygen atoms in total. The van der Waals surface area contributed by atoms with Crippen LogP contribution in [0.15, 0.2) is 0 Å². The summed E-state index contributed by atoms with van der Waals surface area (Å²) in [6.45, 7) is 0. The fourth-order valence-electron chi connectivity index (χ4n) is 3.70. The normalized spacial score (nSPS) is 49.3. The fourth-order valence-corrected chi connectivity index (χ4v) is 5.96. The van der Waals surface area contributed by atoms with E-state index in [4.69, 9.17) is 0 Å². The number of Topliss-reactive ketones (excluding diaryl/α,β-unsaturated/α-hetero) is 1. The van der Waals surface area contributed by atoms with E-state index in [-0.39, 0.29) is 17.6 Å². The van der Waals surface area contributed by atoms with Crippen molar-refractivity contribution >= 4 is 15.6 Å². The lowest BCUT2D eigenvalue weighted by Gasteiger charge is -2.49. The number of carbonyl (C=O) groups is 1. The lowest BCUT2D eigenvalue weighted by molar-refractivity contribution is -0.140. The van der Waals surface area contributed by atoms with Crippen LogP contribution in [0.1, 0.15) is 19.3 Å². The molecule has 0 radical (unpaired) electrons. The molecule has 1 aliphatic heterocycles. The summed E-state index contributed by atoms with van der Waals surface area (Å²) in [4.78, 5) is 11.6. The minimum absolute atomic E-state index is 0.117. The Morgan fingerprint density at radius 3 is 2.57 bits per heavy atom. The molecule has 0 aromatic rings. The summed E-state index contributed by atoms with van der Waals surface area (Å²) in [5.74, 6) is 2.02. The average Bonchev–Trinajstić information content (AvgIpc) is 2.36. The Labute approximate surface area is 83.8 Å². The van der Waals surface area contributed by atoms with Crippen LogP contribution in [0.25, 0.3) is 0 Å². The maximum Gasteiger partial charge on any atom is 0.150 e. The van der Waals surface area contributed by atoms with Crippen LogP contribution < -0.4 is 0 Å². The monoisotopic (exact) mass is 214 g/mol. The van der Waals surface area contributed by atoms with Gasteiger partial charge in [-0.3, -0.25) is 4.79 Å². The van der Waals surface area contributed by atoms with Crippen molar-refractivity contribution in [2.45, 2.75) is 19.3 Å². The lowest BCUT2D eigenvalue weighted by atomic mass is 9.53.